The molecule has 24 heteroatoms. The molecule has 1 aromatic heterocycles. The third kappa shape index (κ3) is 15.6. The van der Waals surface area contributed by atoms with E-state index in [1.807, 2.05) is 0 Å². The number of nitrogens with two attached hydrogens (primary N) is 1. The highest BCUT2D eigenvalue weighted by molar-refractivity contribution is 7.90. The summed E-state index contributed by atoms with van der Waals surface area (Å²) < 4.78 is 109. The predicted molar refractivity (Wildman–Crippen MR) is 219 cm³/mol. The monoisotopic (exact) mass is 948 g/mol. The van der Waals surface area contributed by atoms with Gasteiger partial charge in [0.1, 0.15) is 23.8 Å². The van der Waals surface area contributed by atoms with Gasteiger partial charge in [-0.2, -0.15) is 26.3 Å². The van der Waals surface area contributed by atoms with E-state index in [4.69, 9.17) is 5.73 Å². The van der Waals surface area contributed by atoms with E-state index >= 15 is 0 Å². The van der Waals surface area contributed by atoms with E-state index in [0.717, 1.165) is 11.1 Å². The molecule has 3 rings (SSSR count). The number of alkyl halides is 6. The average Bonchev–Trinajstić information content (AvgIpc) is 3.24. The molecule has 0 aliphatic heterocycles. The average molecular weight is 949 g/mol. The number of benzene rings is 1. The lowest BCUT2D eigenvalue weighted by Gasteiger charge is -2.32. The van der Waals surface area contributed by atoms with Crippen LogP contribution in [0.3, 0.4) is 0 Å². The molecule has 17 nitrogen and oxygen atoms in total. The van der Waals surface area contributed by atoms with Crippen LogP contribution in [0.25, 0.3) is 0 Å². The molecular weight excluding hydrogens is 895 g/mol. The van der Waals surface area contributed by atoms with Crippen molar-refractivity contribution >= 4 is 51.4 Å². The molecule has 0 saturated heterocycles. The number of hydrogen-bond donors (Lipinski definition) is 5. The van der Waals surface area contributed by atoms with Crippen LogP contribution >= 0.6 is 0 Å². The van der Waals surface area contributed by atoms with Crippen LogP contribution in [0, 0.1) is 17.8 Å². The van der Waals surface area contributed by atoms with E-state index in [0.29, 0.717) is 25.7 Å². The second-order valence-corrected chi connectivity index (χ2v) is 18.0. The zero-order valence-electron chi connectivity index (χ0n) is 36.3. The Morgan fingerprint density at radius 3 is 1.92 bits per heavy atom. The van der Waals surface area contributed by atoms with Crippen LogP contribution in [0.4, 0.5) is 26.3 Å². The van der Waals surface area contributed by atoms with Crippen LogP contribution in [-0.4, -0.2) is 88.8 Å². The van der Waals surface area contributed by atoms with Crippen molar-refractivity contribution in [2.24, 2.45) is 23.5 Å². The van der Waals surface area contributed by atoms with Gasteiger partial charge in [-0.05, 0) is 55.2 Å². The van der Waals surface area contributed by atoms with E-state index in [-0.39, 0.29) is 66.3 Å². The minimum absolute atomic E-state index is 0.0785. The maximum atomic E-state index is 14.5. The Morgan fingerprint density at radius 2 is 1.42 bits per heavy atom. The minimum atomic E-state index is -5.76. The van der Waals surface area contributed by atoms with Crippen molar-refractivity contribution in [3.63, 3.8) is 0 Å². The van der Waals surface area contributed by atoms with Crippen LogP contribution in [0.15, 0.2) is 41.7 Å². The Balaban J connectivity index is 2.05. The molecule has 1 fully saturated rings. The van der Waals surface area contributed by atoms with Gasteiger partial charge in [-0.25, -0.2) is 23.0 Å². The summed E-state index contributed by atoms with van der Waals surface area (Å²) in [5.74, 6) is -11.2. The summed E-state index contributed by atoms with van der Waals surface area (Å²) in [6.07, 6.45) is -4.55. The number of nitrogens with one attached hydrogen (secondary N) is 4. The quantitative estimate of drug-likeness (QED) is 0.104. The Morgan fingerprint density at radius 1 is 0.815 bits per heavy atom. The van der Waals surface area contributed by atoms with Crippen molar-refractivity contribution in [1.29, 1.82) is 0 Å². The van der Waals surface area contributed by atoms with Crippen LogP contribution < -0.4 is 26.4 Å². The van der Waals surface area contributed by atoms with Crippen molar-refractivity contribution < 1.29 is 68.3 Å². The van der Waals surface area contributed by atoms with Gasteiger partial charge in [0.2, 0.25) is 17.7 Å². The molecule has 5 atom stereocenters. The van der Waals surface area contributed by atoms with Gasteiger partial charge in [-0.15, -0.1) is 0 Å². The second kappa shape index (κ2) is 23.1. The Hall–Kier alpha value is -5.52. The standard InChI is InChI=1S/C41H54F6N8O9S/c1-6-23(5)33(53-34(57)29(15-22(3)4)51-35(58)31-21-49-13-14-50-31)36(59)52-30(16-24-11-9-8-10-12-24)38(61)55(32(56)20-27(48)7-2)39(62)37(60)54-65(63,64)28-18-25(40(42,43)44)17-26(19-28)41(45,46)47/h13-14,17-19,21-24,27,29-30,33H,6-12,15-16,20,48H2,1-5H3,(H,51,58)(H,52,59)(H,53,57)(H,54,60)/t23-,27-,29-,30-,33-/m0/s1. The Bertz CT molecular complexity index is 2120. The SMILES string of the molecule is CC[C@H](N)CC(=O)N(C(=O)C(=O)NS(=O)(=O)c1cc(C(F)(F)F)cc(C(F)(F)F)c1)C(=O)[C@H](CC1CCCCC1)NC(=O)[C@@H](NC(=O)[C@H](CC(C)C)NC(=O)c1cnccn1)[C@@H](C)CC. The number of hydrogen-bond acceptors (Lipinski definition) is 12. The van der Waals surface area contributed by atoms with E-state index in [1.54, 1.807) is 27.7 Å². The fraction of sp³-hybridized carbons (Fsp3) is 0.585. The van der Waals surface area contributed by atoms with Gasteiger partial charge < -0.3 is 21.7 Å². The molecule has 1 saturated carbocycles. The number of carbonyl (C=O) groups is 7. The third-order valence-electron chi connectivity index (χ3n) is 10.8. The highest BCUT2D eigenvalue weighted by Crippen LogP contribution is 2.37. The van der Waals surface area contributed by atoms with E-state index < -0.39 is 116 Å². The van der Waals surface area contributed by atoms with Crippen molar-refractivity contribution in [3.05, 3.63) is 53.6 Å². The van der Waals surface area contributed by atoms with Crippen molar-refractivity contribution in [2.45, 2.75) is 140 Å². The summed E-state index contributed by atoms with van der Waals surface area (Å²) in [4.78, 5) is 102. The first-order valence-electron chi connectivity index (χ1n) is 20.9. The normalized spacial score (nSPS) is 16.0. The van der Waals surface area contributed by atoms with Gasteiger partial charge >= 0.3 is 24.2 Å². The molecule has 6 N–H and O–H groups in total. The number of rotatable bonds is 18. The van der Waals surface area contributed by atoms with Crippen molar-refractivity contribution in [1.82, 2.24) is 35.5 Å². The topological polar surface area (TPSA) is 257 Å². The number of carbonyl (C=O) groups excluding carboxylic acids is 7. The molecular formula is C41H54F6N8O9S. The van der Waals surface area contributed by atoms with Crippen LogP contribution in [0.2, 0.25) is 0 Å². The van der Waals surface area contributed by atoms with Gasteiger partial charge in [0.05, 0.1) is 22.2 Å². The maximum Gasteiger partial charge on any atom is 0.416 e. The van der Waals surface area contributed by atoms with Crippen molar-refractivity contribution in [2.75, 3.05) is 0 Å². The molecule has 0 spiro atoms. The summed E-state index contributed by atoms with van der Waals surface area (Å²) in [6.45, 7) is 8.37. The van der Waals surface area contributed by atoms with E-state index in [1.165, 1.54) is 25.5 Å². The zero-order chi connectivity index (χ0) is 49.0. The lowest BCUT2D eigenvalue weighted by atomic mass is 9.84. The zero-order valence-corrected chi connectivity index (χ0v) is 37.2. The van der Waals surface area contributed by atoms with Crippen LogP contribution in [0.5, 0.6) is 0 Å². The molecule has 1 heterocycles. The van der Waals surface area contributed by atoms with Gasteiger partial charge in [0.25, 0.3) is 21.8 Å². The molecule has 360 valence electrons. The molecule has 2 aromatic rings. The lowest BCUT2D eigenvalue weighted by molar-refractivity contribution is -0.160. The van der Waals surface area contributed by atoms with Gasteiger partial charge in [-0.3, -0.25) is 38.5 Å². The molecule has 1 aliphatic rings. The summed E-state index contributed by atoms with van der Waals surface area (Å²) in [7, 11) is -5.76. The fourth-order valence-corrected chi connectivity index (χ4v) is 7.92. The fourth-order valence-electron chi connectivity index (χ4n) is 6.91. The number of sulfonamides is 1. The first kappa shape index (κ1) is 53.8. The molecule has 7 amide bonds. The molecule has 0 bridgehead atoms. The predicted octanol–water partition coefficient (Wildman–Crippen LogP) is 4.16. The Kier molecular flexibility index (Phi) is 19.1. The first-order valence-corrected chi connectivity index (χ1v) is 22.4. The molecule has 0 unspecified atom stereocenters. The van der Waals surface area contributed by atoms with E-state index in [9.17, 15) is 68.3 Å². The van der Waals surface area contributed by atoms with E-state index in [2.05, 4.69) is 25.9 Å². The van der Waals surface area contributed by atoms with Gasteiger partial charge in [0.15, 0.2) is 0 Å². The van der Waals surface area contributed by atoms with Crippen molar-refractivity contribution in [3.8, 4) is 0 Å². The molecule has 65 heavy (non-hydrogen) atoms. The molecule has 1 aromatic carbocycles. The summed E-state index contributed by atoms with van der Waals surface area (Å²) >= 11 is 0. The summed E-state index contributed by atoms with van der Waals surface area (Å²) in [6, 6.07) is -6.30. The number of aromatic nitrogens is 2. The number of halogens is 6. The number of imide groups is 3. The lowest BCUT2D eigenvalue weighted by Crippen LogP contribution is -2.61. The smallest absolute Gasteiger partial charge is 0.342 e. The molecule has 1 aliphatic carbocycles. The number of nitrogens with zero attached hydrogens (tertiary/aromatic N) is 3. The largest absolute Gasteiger partial charge is 0.416 e. The summed E-state index contributed by atoms with van der Waals surface area (Å²) in [5, 5.41) is 7.70. The first-order chi connectivity index (χ1) is 30.2. The van der Waals surface area contributed by atoms with Gasteiger partial charge in [-0.1, -0.05) is 73.1 Å². The highest BCUT2D eigenvalue weighted by atomic mass is 32.2. The van der Waals surface area contributed by atoms with Gasteiger partial charge in [0, 0.05) is 24.9 Å². The van der Waals surface area contributed by atoms with Crippen LogP contribution in [0.1, 0.15) is 120 Å². The maximum absolute atomic E-state index is 14.5. The Labute approximate surface area is 371 Å². The third-order valence-corrected chi connectivity index (χ3v) is 12.1. The van der Waals surface area contributed by atoms with Crippen LogP contribution in [-0.2, 0) is 51.1 Å². The second-order valence-electron chi connectivity index (χ2n) is 16.3. The number of amides is 7. The highest BCUT2D eigenvalue weighted by Gasteiger charge is 2.43. The minimum Gasteiger partial charge on any atom is -0.342 e. The molecule has 0 radical (unpaired) electrons. The summed E-state index contributed by atoms with van der Waals surface area (Å²) in [5.41, 5.74) is 1.70.